The Bertz CT molecular complexity index is 243. The third-order valence-corrected chi connectivity index (χ3v) is 6.09. The molecule has 0 saturated heterocycles. The Hall–Kier alpha value is -0.823. The average molecular weight is 263 g/mol. The first-order valence-electron chi connectivity index (χ1n) is 7.41. The van der Waals surface area contributed by atoms with Crippen LogP contribution >= 0.6 is 0 Å². The molecule has 0 aliphatic carbocycles. The largest absolute Gasteiger partial charge is 0.149 e. The quantitative estimate of drug-likeness (QED) is 0.433. The van der Waals surface area contributed by atoms with Crippen molar-refractivity contribution in [1.29, 1.82) is 0 Å². The van der Waals surface area contributed by atoms with Crippen LogP contribution in [0.2, 0.25) is 0 Å². The summed E-state index contributed by atoms with van der Waals surface area (Å²) in [7, 11) is -1.66. The van der Waals surface area contributed by atoms with E-state index in [-0.39, 0.29) is 0 Å². The zero-order chi connectivity index (χ0) is 13.7. The predicted molar refractivity (Wildman–Crippen MR) is 88.1 cm³/mol. The smallest absolute Gasteiger partial charge is 0.106 e. The lowest BCUT2D eigenvalue weighted by molar-refractivity contribution is 0.957. The molecular formula is C17H30Si. The summed E-state index contributed by atoms with van der Waals surface area (Å²) < 4.78 is 0. The first-order chi connectivity index (χ1) is 8.74. The number of unbranched alkanes of at least 4 members (excludes halogenated alkanes) is 3. The summed E-state index contributed by atoms with van der Waals surface area (Å²) >= 11 is 0. The van der Waals surface area contributed by atoms with E-state index in [1.54, 1.807) is 0 Å². The molecule has 0 spiro atoms. The van der Waals surface area contributed by atoms with Gasteiger partial charge in [-0.3, -0.25) is 0 Å². The molecule has 18 heavy (non-hydrogen) atoms. The zero-order valence-electron chi connectivity index (χ0n) is 12.5. The van der Waals surface area contributed by atoms with Gasteiger partial charge in [0.15, 0.2) is 0 Å². The van der Waals surface area contributed by atoms with Crippen LogP contribution in [0.3, 0.4) is 0 Å². The van der Waals surface area contributed by atoms with E-state index in [9.17, 15) is 0 Å². The Kier molecular flexibility index (Phi) is 10.8. The van der Waals surface area contributed by atoms with Crippen molar-refractivity contribution < 1.29 is 0 Å². The Morgan fingerprint density at radius 1 is 0.722 bits per heavy atom. The van der Waals surface area contributed by atoms with Gasteiger partial charge >= 0.3 is 0 Å². The summed E-state index contributed by atoms with van der Waals surface area (Å²) in [6, 6.07) is 0. The maximum absolute atomic E-state index is 4.08. The van der Waals surface area contributed by atoms with Gasteiger partial charge in [-0.05, 0) is 19.3 Å². The van der Waals surface area contributed by atoms with E-state index >= 15 is 0 Å². The summed E-state index contributed by atoms with van der Waals surface area (Å²) in [5, 5.41) is 0. The third kappa shape index (κ3) is 7.49. The van der Waals surface area contributed by atoms with Crippen molar-refractivity contribution in [1.82, 2.24) is 0 Å². The number of hydrogen-bond acceptors (Lipinski definition) is 0. The first kappa shape index (κ1) is 17.2. The van der Waals surface area contributed by atoms with Crippen LogP contribution in [0, 0.1) is 0 Å². The van der Waals surface area contributed by atoms with Crippen LogP contribution in [-0.4, -0.2) is 8.07 Å². The van der Waals surface area contributed by atoms with Crippen LogP contribution < -0.4 is 0 Å². The second kappa shape index (κ2) is 11.3. The zero-order valence-corrected chi connectivity index (χ0v) is 13.5. The minimum absolute atomic E-state index is 1.17. The molecule has 0 nitrogen and oxygen atoms in total. The van der Waals surface area contributed by atoms with Gasteiger partial charge < -0.3 is 0 Å². The monoisotopic (exact) mass is 262 g/mol. The second-order valence-electron chi connectivity index (χ2n) is 4.78. The molecule has 0 fully saturated rings. The lowest BCUT2D eigenvalue weighted by atomic mass is 10.3. The molecule has 0 N–H and O–H groups in total. The van der Waals surface area contributed by atoms with Gasteiger partial charge in [0, 0.05) is 0 Å². The molecular weight excluding hydrogens is 232 g/mol. The van der Waals surface area contributed by atoms with Gasteiger partial charge in [0.25, 0.3) is 0 Å². The Balaban J connectivity index is 4.87. The molecule has 0 atom stereocenters. The highest BCUT2D eigenvalue weighted by Gasteiger charge is 2.18. The molecule has 0 unspecified atom stereocenters. The molecule has 0 rings (SSSR count). The van der Waals surface area contributed by atoms with Crippen molar-refractivity contribution in [2.24, 2.45) is 0 Å². The fraction of sp³-hybridized carbons (Fsp3) is 0.529. The van der Waals surface area contributed by atoms with Crippen LogP contribution in [0.4, 0.5) is 0 Å². The van der Waals surface area contributed by atoms with Gasteiger partial charge in [0.1, 0.15) is 8.07 Å². The van der Waals surface area contributed by atoms with E-state index in [2.05, 4.69) is 68.4 Å². The number of rotatable bonds is 10. The SMILES string of the molecule is C=C[Si](/C=C/CCC)(/C=C/CCC)/C=C/CCC. The molecule has 0 aromatic rings. The third-order valence-electron chi connectivity index (χ3n) is 2.94. The van der Waals surface area contributed by atoms with Crippen molar-refractivity contribution in [3.8, 4) is 0 Å². The summed E-state index contributed by atoms with van der Waals surface area (Å²) in [6.45, 7) is 10.7. The highest BCUT2D eigenvalue weighted by molar-refractivity contribution is 6.97. The Morgan fingerprint density at radius 3 is 1.28 bits per heavy atom. The van der Waals surface area contributed by atoms with E-state index in [1.807, 2.05) is 0 Å². The van der Waals surface area contributed by atoms with Gasteiger partial charge in [0.2, 0.25) is 0 Å². The molecule has 0 amide bonds. The minimum atomic E-state index is -1.66. The van der Waals surface area contributed by atoms with Gasteiger partial charge in [0.05, 0.1) is 0 Å². The molecule has 0 aromatic carbocycles. The molecule has 0 aliphatic heterocycles. The van der Waals surface area contributed by atoms with Crippen LogP contribution in [-0.2, 0) is 0 Å². The van der Waals surface area contributed by atoms with Crippen LogP contribution in [0.1, 0.15) is 59.3 Å². The van der Waals surface area contributed by atoms with Crippen LogP contribution in [0.25, 0.3) is 0 Å². The standard InChI is InChI=1S/C17H30Si/c1-5-9-12-15-18(8-4,16-13-10-6-2)17-14-11-7-3/h8,12-17H,4-7,9-11H2,1-3H3/b15-12+,16-13+,17-14+. The van der Waals surface area contributed by atoms with Gasteiger partial charge in [-0.1, -0.05) is 81.1 Å². The van der Waals surface area contributed by atoms with Crippen molar-refractivity contribution in [3.63, 3.8) is 0 Å². The normalized spacial score (nSPS) is 13.1. The van der Waals surface area contributed by atoms with E-state index in [4.69, 9.17) is 0 Å². The Labute approximate surface area is 115 Å². The maximum Gasteiger partial charge on any atom is 0.149 e. The second-order valence-corrected chi connectivity index (χ2v) is 8.19. The molecule has 0 bridgehead atoms. The van der Waals surface area contributed by atoms with Gasteiger partial charge in [-0.25, -0.2) is 0 Å². The first-order valence-corrected chi connectivity index (χ1v) is 9.72. The van der Waals surface area contributed by atoms with Gasteiger partial charge in [-0.15, -0.1) is 6.58 Å². The highest BCUT2D eigenvalue weighted by atomic mass is 28.3. The molecule has 0 heterocycles. The fourth-order valence-corrected chi connectivity index (χ4v) is 4.20. The molecule has 0 saturated carbocycles. The van der Waals surface area contributed by atoms with Gasteiger partial charge in [-0.2, -0.15) is 0 Å². The lowest BCUT2D eigenvalue weighted by Gasteiger charge is -2.15. The average Bonchev–Trinajstić information content (AvgIpc) is 2.39. The Morgan fingerprint density at radius 2 is 1.06 bits per heavy atom. The van der Waals surface area contributed by atoms with E-state index in [0.717, 1.165) is 0 Å². The summed E-state index contributed by atoms with van der Waals surface area (Å²) in [5.41, 5.74) is 9.43. The topological polar surface area (TPSA) is 0 Å². The molecule has 1 heteroatoms. The summed E-state index contributed by atoms with van der Waals surface area (Å²) in [4.78, 5) is 0. The molecule has 0 radical (unpaired) electrons. The molecule has 102 valence electrons. The van der Waals surface area contributed by atoms with Crippen molar-refractivity contribution in [2.75, 3.05) is 0 Å². The minimum Gasteiger partial charge on any atom is -0.106 e. The number of hydrogen-bond donors (Lipinski definition) is 0. The van der Waals surface area contributed by atoms with E-state index in [0.29, 0.717) is 0 Å². The predicted octanol–water partition coefficient (Wildman–Crippen LogP) is 5.85. The number of allylic oxidation sites excluding steroid dienone is 3. The summed E-state index contributed by atoms with van der Waals surface area (Å²) in [5.74, 6) is 0. The maximum atomic E-state index is 4.08. The van der Waals surface area contributed by atoms with Crippen molar-refractivity contribution in [3.05, 3.63) is 47.6 Å². The van der Waals surface area contributed by atoms with E-state index < -0.39 is 8.07 Å². The highest BCUT2D eigenvalue weighted by Crippen LogP contribution is 2.14. The van der Waals surface area contributed by atoms with Crippen LogP contribution in [0.15, 0.2) is 47.6 Å². The summed E-state index contributed by atoms with van der Waals surface area (Å²) in [6.07, 6.45) is 14.2. The van der Waals surface area contributed by atoms with E-state index in [1.165, 1.54) is 38.5 Å². The molecule has 0 aliphatic rings. The van der Waals surface area contributed by atoms with Crippen LogP contribution in [0.5, 0.6) is 0 Å². The molecule has 0 aromatic heterocycles. The van der Waals surface area contributed by atoms with Crippen molar-refractivity contribution >= 4 is 8.07 Å². The van der Waals surface area contributed by atoms with Crippen molar-refractivity contribution in [2.45, 2.75) is 59.3 Å². The fourth-order valence-electron chi connectivity index (χ4n) is 1.73. The lowest BCUT2D eigenvalue weighted by Crippen LogP contribution is -2.24.